The summed E-state index contributed by atoms with van der Waals surface area (Å²) >= 11 is 0. The Morgan fingerprint density at radius 3 is 1.02 bits per heavy atom. The molecule has 0 aromatic heterocycles. The van der Waals surface area contributed by atoms with Gasteiger partial charge in [0.15, 0.2) is 0 Å². The van der Waals surface area contributed by atoms with E-state index in [1.807, 2.05) is 0 Å². The Hall–Kier alpha value is -0.610. The second kappa shape index (κ2) is 39.1. The van der Waals surface area contributed by atoms with Crippen LogP contribution in [0.5, 0.6) is 0 Å². The Balaban J connectivity index is 5.87. The average molecular weight is 723 g/mol. The first-order chi connectivity index (χ1) is 25.0. The van der Waals surface area contributed by atoms with E-state index < -0.39 is 11.5 Å². The lowest BCUT2D eigenvalue weighted by Crippen LogP contribution is -2.42. The Morgan fingerprint density at radius 1 is 0.451 bits per heavy atom. The molecule has 4 heteroatoms. The first-order valence-corrected chi connectivity index (χ1v) is 23.5. The molecule has 0 spiro atoms. The van der Waals surface area contributed by atoms with Crippen molar-refractivity contribution in [2.75, 3.05) is 13.2 Å². The molecule has 0 rings (SSSR count). The fourth-order valence-electron chi connectivity index (χ4n) is 8.34. The van der Waals surface area contributed by atoms with Crippen LogP contribution >= 0.6 is 0 Å². The molecule has 306 valence electrons. The summed E-state index contributed by atoms with van der Waals surface area (Å²) in [6.45, 7) is 8.69. The van der Waals surface area contributed by atoms with Crippen molar-refractivity contribution in [2.24, 2.45) is 11.3 Å². The number of aliphatic hydroxyl groups is 2. The molecule has 0 aliphatic rings. The van der Waals surface area contributed by atoms with Gasteiger partial charge >= 0.3 is 5.97 Å². The largest absolute Gasteiger partial charge is 0.462 e. The molecule has 0 aliphatic heterocycles. The second-order valence-corrected chi connectivity index (χ2v) is 16.6. The number of ether oxygens (including phenoxy) is 1. The maximum atomic E-state index is 14.5. The van der Waals surface area contributed by atoms with Crippen LogP contribution in [0.3, 0.4) is 0 Å². The van der Waals surface area contributed by atoms with Gasteiger partial charge in [-0.3, -0.25) is 4.79 Å². The first kappa shape index (κ1) is 50.4. The fourth-order valence-corrected chi connectivity index (χ4v) is 8.34. The van der Waals surface area contributed by atoms with Crippen molar-refractivity contribution in [1.82, 2.24) is 0 Å². The number of carbonyl (C=O) groups excluding carboxylic acids is 1. The molecular formula is C47H94O4. The predicted octanol–water partition coefficient (Wildman–Crippen LogP) is 15.0. The Morgan fingerprint density at radius 2 is 0.725 bits per heavy atom. The Labute approximate surface area is 320 Å². The van der Waals surface area contributed by atoms with Crippen molar-refractivity contribution in [3.8, 4) is 0 Å². The van der Waals surface area contributed by atoms with E-state index in [1.54, 1.807) is 0 Å². The van der Waals surface area contributed by atoms with Gasteiger partial charge in [-0.05, 0) is 31.6 Å². The van der Waals surface area contributed by atoms with Gasteiger partial charge in [0, 0.05) is 0 Å². The summed E-state index contributed by atoms with van der Waals surface area (Å²) in [6, 6.07) is 0. The average Bonchev–Trinajstić information content (AvgIpc) is 3.14. The molecule has 0 saturated heterocycles. The van der Waals surface area contributed by atoms with E-state index in [9.17, 15) is 15.0 Å². The number of aliphatic hydroxyl groups excluding tert-OH is 2. The predicted molar refractivity (Wildman–Crippen MR) is 223 cm³/mol. The minimum absolute atomic E-state index is 0.0682. The smallest absolute Gasteiger partial charge is 0.312 e. The summed E-state index contributed by atoms with van der Waals surface area (Å²) in [5.74, 6) is 0.274. The minimum Gasteiger partial charge on any atom is -0.462 e. The van der Waals surface area contributed by atoms with Crippen molar-refractivity contribution in [2.45, 2.75) is 271 Å². The highest BCUT2D eigenvalue weighted by Crippen LogP contribution is 2.46. The van der Waals surface area contributed by atoms with E-state index in [2.05, 4.69) is 27.7 Å². The Kier molecular flexibility index (Phi) is 38.6. The SMILES string of the molecule is CCCCCCCCCCCC(CCCCCCCCCC)C(CCCCCCCCCC)(CCCCCCCCCC)C(=O)OCC(O)CO. The quantitative estimate of drug-likeness (QED) is 0.0486. The topological polar surface area (TPSA) is 66.8 Å². The highest BCUT2D eigenvalue weighted by Gasteiger charge is 2.45. The number of rotatable bonds is 42. The lowest BCUT2D eigenvalue weighted by Gasteiger charge is -2.40. The van der Waals surface area contributed by atoms with Crippen LogP contribution in [-0.2, 0) is 9.53 Å². The third-order valence-corrected chi connectivity index (χ3v) is 11.8. The van der Waals surface area contributed by atoms with Crippen LogP contribution in [0.25, 0.3) is 0 Å². The molecule has 0 radical (unpaired) electrons. The fraction of sp³-hybridized carbons (Fsp3) is 0.979. The van der Waals surface area contributed by atoms with Crippen LogP contribution in [0.1, 0.15) is 265 Å². The van der Waals surface area contributed by atoms with Crippen LogP contribution in [0.2, 0.25) is 0 Å². The minimum atomic E-state index is -0.999. The summed E-state index contributed by atoms with van der Waals surface area (Å²) in [5, 5.41) is 19.8. The standard InChI is InChI=1S/C47H94O4/c1-5-9-13-17-21-25-27-31-35-39-44(38-34-30-26-22-18-14-10-6-2)47(46(50)51-43-45(49)42-48,40-36-32-28-23-19-15-11-7-3)41-37-33-29-24-20-16-12-8-4/h44-45,48-49H,5-43H2,1-4H3. The zero-order chi connectivity index (χ0) is 37.5. The molecule has 0 aromatic rings. The summed E-state index contributed by atoms with van der Waals surface area (Å²) in [7, 11) is 0. The van der Waals surface area contributed by atoms with Gasteiger partial charge in [0.2, 0.25) is 0 Å². The summed E-state index contributed by atoms with van der Waals surface area (Å²) in [6.07, 6.45) is 45.8. The number of hydrogen-bond acceptors (Lipinski definition) is 4. The van der Waals surface area contributed by atoms with Crippen LogP contribution in [0.4, 0.5) is 0 Å². The third-order valence-electron chi connectivity index (χ3n) is 11.8. The van der Waals surface area contributed by atoms with E-state index in [-0.39, 0.29) is 19.2 Å². The van der Waals surface area contributed by atoms with Crippen molar-refractivity contribution >= 4 is 5.97 Å². The second-order valence-electron chi connectivity index (χ2n) is 16.6. The van der Waals surface area contributed by atoms with Crippen molar-refractivity contribution in [1.29, 1.82) is 0 Å². The van der Waals surface area contributed by atoms with Gasteiger partial charge in [-0.1, -0.05) is 240 Å². The zero-order valence-corrected chi connectivity index (χ0v) is 35.4. The highest BCUT2D eigenvalue weighted by molar-refractivity contribution is 5.77. The van der Waals surface area contributed by atoms with Crippen LogP contribution < -0.4 is 0 Å². The van der Waals surface area contributed by atoms with E-state index >= 15 is 0 Å². The number of carbonyl (C=O) groups is 1. The number of hydrogen-bond donors (Lipinski definition) is 2. The monoisotopic (exact) mass is 723 g/mol. The first-order valence-electron chi connectivity index (χ1n) is 23.5. The van der Waals surface area contributed by atoms with Gasteiger partial charge in [0.1, 0.15) is 12.7 Å². The Bertz CT molecular complexity index is 674. The molecule has 0 fully saturated rings. The van der Waals surface area contributed by atoms with Crippen molar-refractivity contribution < 1.29 is 19.7 Å². The molecular weight excluding hydrogens is 629 g/mol. The highest BCUT2D eigenvalue weighted by atomic mass is 16.5. The van der Waals surface area contributed by atoms with Gasteiger partial charge in [0.25, 0.3) is 0 Å². The molecule has 0 aliphatic carbocycles. The maximum Gasteiger partial charge on any atom is 0.312 e. The van der Waals surface area contributed by atoms with E-state index in [4.69, 9.17) is 4.74 Å². The summed E-state index contributed by atoms with van der Waals surface area (Å²) in [4.78, 5) is 14.5. The molecule has 4 nitrogen and oxygen atoms in total. The van der Waals surface area contributed by atoms with Gasteiger partial charge < -0.3 is 14.9 Å². The van der Waals surface area contributed by atoms with Crippen LogP contribution in [0.15, 0.2) is 0 Å². The molecule has 2 unspecified atom stereocenters. The third kappa shape index (κ3) is 29.4. The van der Waals surface area contributed by atoms with Gasteiger partial charge in [-0.2, -0.15) is 0 Å². The molecule has 0 bridgehead atoms. The lowest BCUT2D eigenvalue weighted by atomic mass is 9.65. The van der Waals surface area contributed by atoms with Crippen LogP contribution in [0, 0.1) is 11.3 Å². The van der Waals surface area contributed by atoms with E-state index in [1.165, 1.54) is 199 Å². The normalized spacial score (nSPS) is 13.1. The molecule has 2 atom stereocenters. The van der Waals surface area contributed by atoms with Gasteiger partial charge in [-0.15, -0.1) is 0 Å². The molecule has 0 heterocycles. The lowest BCUT2D eigenvalue weighted by molar-refractivity contribution is -0.166. The maximum absolute atomic E-state index is 14.5. The van der Waals surface area contributed by atoms with Crippen molar-refractivity contribution in [3.63, 3.8) is 0 Å². The number of unbranched alkanes of at least 4 members (excludes halogenated alkanes) is 29. The summed E-state index contributed by atoms with van der Waals surface area (Å²) in [5.41, 5.74) is -0.471. The van der Waals surface area contributed by atoms with E-state index in [0.29, 0.717) is 5.92 Å². The number of esters is 1. The van der Waals surface area contributed by atoms with Gasteiger partial charge in [0.05, 0.1) is 12.0 Å². The molecule has 2 N–H and O–H groups in total. The molecule has 0 saturated carbocycles. The van der Waals surface area contributed by atoms with Gasteiger partial charge in [-0.25, -0.2) is 0 Å². The molecule has 0 aromatic carbocycles. The van der Waals surface area contributed by atoms with Crippen molar-refractivity contribution in [3.05, 3.63) is 0 Å². The zero-order valence-electron chi connectivity index (χ0n) is 35.4. The van der Waals surface area contributed by atoms with Crippen LogP contribution in [-0.4, -0.2) is 35.5 Å². The summed E-state index contributed by atoms with van der Waals surface area (Å²) < 4.78 is 6.01. The van der Waals surface area contributed by atoms with E-state index in [0.717, 1.165) is 38.5 Å². The molecule has 51 heavy (non-hydrogen) atoms. The molecule has 0 amide bonds.